The first-order valence-corrected chi connectivity index (χ1v) is 5.29. The van der Waals surface area contributed by atoms with Crippen LogP contribution in [0, 0.1) is 0 Å². The number of nitrogens with zero attached hydrogens (tertiary/aromatic N) is 3. The average molecular weight is 232 g/mol. The van der Waals surface area contributed by atoms with E-state index in [4.69, 9.17) is 0 Å². The largest absolute Gasteiger partial charge is 0.355 e. The van der Waals surface area contributed by atoms with E-state index >= 15 is 0 Å². The molecule has 0 aliphatic carbocycles. The summed E-state index contributed by atoms with van der Waals surface area (Å²) in [4.78, 5) is 31.4. The summed E-state index contributed by atoms with van der Waals surface area (Å²) in [5, 5.41) is 3.04. The molecule has 0 spiro atoms. The lowest BCUT2D eigenvalue weighted by molar-refractivity contribution is -0.121. The quantitative estimate of drug-likeness (QED) is 0.803. The average Bonchev–Trinajstić information content (AvgIpc) is 2.33. The molecule has 0 saturated heterocycles. The monoisotopic (exact) mass is 232 g/mol. The molecule has 0 aromatic carbocycles. The summed E-state index contributed by atoms with van der Waals surface area (Å²) in [6.45, 7) is 2.34. The molecular weight excluding hydrogens is 220 g/mol. The Kier molecular flexibility index (Phi) is 3.13. The fourth-order valence-electron chi connectivity index (χ4n) is 1.52. The molecule has 1 N–H and O–H groups in total. The van der Waals surface area contributed by atoms with Crippen molar-refractivity contribution in [3.05, 3.63) is 35.0 Å². The van der Waals surface area contributed by atoms with Crippen molar-refractivity contribution in [2.24, 2.45) is 0 Å². The first kappa shape index (κ1) is 11.3. The molecule has 2 heterocycles. The van der Waals surface area contributed by atoms with Crippen LogP contribution < -0.4 is 10.9 Å². The number of nitrogens with one attached hydrogen (secondary N) is 1. The van der Waals surface area contributed by atoms with Crippen LogP contribution in [0.25, 0.3) is 11.0 Å². The Bertz CT molecular complexity index is 606. The van der Waals surface area contributed by atoms with Gasteiger partial charge in [0.15, 0.2) is 5.65 Å². The maximum absolute atomic E-state index is 12.0. The Morgan fingerprint density at radius 2 is 2.29 bits per heavy atom. The highest BCUT2D eigenvalue weighted by Crippen LogP contribution is 2.00. The van der Waals surface area contributed by atoms with Gasteiger partial charge in [0.1, 0.15) is 12.9 Å². The van der Waals surface area contributed by atoms with Gasteiger partial charge in [-0.3, -0.25) is 14.2 Å². The molecule has 6 heteroatoms. The highest BCUT2D eigenvalue weighted by atomic mass is 16.2. The minimum atomic E-state index is -0.255. The van der Waals surface area contributed by atoms with Gasteiger partial charge in [-0.15, -0.1) is 0 Å². The normalized spacial score (nSPS) is 10.4. The third kappa shape index (κ3) is 2.30. The van der Waals surface area contributed by atoms with Crippen molar-refractivity contribution in [2.45, 2.75) is 13.5 Å². The van der Waals surface area contributed by atoms with Crippen LogP contribution in [0.4, 0.5) is 0 Å². The number of pyridine rings is 1. The van der Waals surface area contributed by atoms with E-state index in [-0.39, 0.29) is 18.0 Å². The molecule has 1 amide bonds. The molecule has 0 unspecified atom stereocenters. The Morgan fingerprint density at radius 3 is 3.06 bits per heavy atom. The lowest BCUT2D eigenvalue weighted by atomic mass is 10.3. The number of likely N-dealkylation sites (N-methyl/N-ethyl adjacent to an activating group) is 1. The van der Waals surface area contributed by atoms with E-state index < -0.39 is 0 Å². The van der Waals surface area contributed by atoms with E-state index in [9.17, 15) is 9.59 Å². The Morgan fingerprint density at radius 1 is 1.47 bits per heavy atom. The topological polar surface area (TPSA) is 76.9 Å². The predicted octanol–water partition coefficient (Wildman–Crippen LogP) is -0.0724. The summed E-state index contributed by atoms with van der Waals surface area (Å²) < 4.78 is 1.27. The zero-order valence-electron chi connectivity index (χ0n) is 9.38. The molecule has 17 heavy (non-hydrogen) atoms. The molecular formula is C11H12N4O2. The molecule has 2 aromatic rings. The third-order valence-electron chi connectivity index (χ3n) is 2.29. The van der Waals surface area contributed by atoms with E-state index in [2.05, 4.69) is 15.3 Å². The van der Waals surface area contributed by atoms with Crippen LogP contribution in [-0.2, 0) is 11.3 Å². The zero-order chi connectivity index (χ0) is 12.3. The number of fused-ring (bicyclic) bond motifs is 1. The Labute approximate surface area is 97.3 Å². The number of rotatable bonds is 3. The number of aromatic nitrogens is 3. The molecule has 0 aliphatic heterocycles. The van der Waals surface area contributed by atoms with Crippen LogP contribution in [0.15, 0.2) is 29.5 Å². The van der Waals surface area contributed by atoms with Gasteiger partial charge in [-0.25, -0.2) is 9.97 Å². The second kappa shape index (κ2) is 4.73. The van der Waals surface area contributed by atoms with Crippen LogP contribution >= 0.6 is 0 Å². The lowest BCUT2D eigenvalue weighted by Gasteiger charge is -2.05. The molecule has 0 saturated carbocycles. The van der Waals surface area contributed by atoms with Gasteiger partial charge in [-0.05, 0) is 19.1 Å². The standard InChI is InChI=1S/C11H12N4O2/c1-2-12-9(16)6-15-7-14-10-8(11(15)17)4-3-5-13-10/h3-5,7H,2,6H2,1H3,(H,12,16). The number of hydrogen-bond donors (Lipinski definition) is 1. The maximum Gasteiger partial charge on any atom is 0.263 e. The molecule has 0 atom stereocenters. The van der Waals surface area contributed by atoms with Crippen LogP contribution in [0.2, 0.25) is 0 Å². The van der Waals surface area contributed by atoms with Gasteiger partial charge in [-0.1, -0.05) is 0 Å². The Balaban J connectivity index is 2.39. The summed E-state index contributed by atoms with van der Waals surface area (Å²) in [5.41, 5.74) is 0.138. The molecule has 6 nitrogen and oxygen atoms in total. The first-order valence-electron chi connectivity index (χ1n) is 5.29. The van der Waals surface area contributed by atoms with Crippen molar-refractivity contribution in [3.63, 3.8) is 0 Å². The van der Waals surface area contributed by atoms with Gasteiger partial charge in [-0.2, -0.15) is 0 Å². The molecule has 0 aliphatic rings. The van der Waals surface area contributed by atoms with Crippen molar-refractivity contribution < 1.29 is 4.79 Å². The second-order valence-electron chi connectivity index (χ2n) is 3.51. The predicted molar refractivity (Wildman–Crippen MR) is 62.5 cm³/mol. The number of carbonyl (C=O) groups excluding carboxylic acids is 1. The van der Waals surface area contributed by atoms with Crippen molar-refractivity contribution in [3.8, 4) is 0 Å². The second-order valence-corrected chi connectivity index (χ2v) is 3.51. The molecule has 2 aromatic heterocycles. The lowest BCUT2D eigenvalue weighted by Crippen LogP contribution is -2.32. The minimum Gasteiger partial charge on any atom is -0.355 e. The van der Waals surface area contributed by atoms with E-state index in [0.717, 1.165) is 0 Å². The third-order valence-corrected chi connectivity index (χ3v) is 2.29. The van der Waals surface area contributed by atoms with Crippen LogP contribution in [-0.4, -0.2) is 27.0 Å². The van der Waals surface area contributed by atoms with Gasteiger partial charge in [0, 0.05) is 12.7 Å². The van der Waals surface area contributed by atoms with Gasteiger partial charge >= 0.3 is 0 Å². The summed E-state index contributed by atoms with van der Waals surface area (Å²) in [5.74, 6) is -0.209. The van der Waals surface area contributed by atoms with Crippen molar-refractivity contribution in [1.29, 1.82) is 0 Å². The highest BCUT2D eigenvalue weighted by molar-refractivity contribution is 5.77. The van der Waals surface area contributed by atoms with Gasteiger partial charge in [0.2, 0.25) is 5.91 Å². The zero-order valence-corrected chi connectivity index (χ0v) is 9.38. The van der Waals surface area contributed by atoms with Crippen molar-refractivity contribution in [2.75, 3.05) is 6.54 Å². The molecule has 0 radical (unpaired) electrons. The number of hydrogen-bond acceptors (Lipinski definition) is 4. The van der Waals surface area contributed by atoms with Crippen molar-refractivity contribution >= 4 is 16.9 Å². The SMILES string of the molecule is CCNC(=O)Cn1cnc2ncccc2c1=O. The minimum absolute atomic E-state index is 0.0233. The highest BCUT2D eigenvalue weighted by Gasteiger charge is 2.07. The molecule has 88 valence electrons. The van der Waals surface area contributed by atoms with E-state index in [1.165, 1.54) is 10.9 Å². The molecule has 0 bridgehead atoms. The summed E-state index contributed by atoms with van der Waals surface area (Å²) in [7, 11) is 0. The Hall–Kier alpha value is -2.24. The van der Waals surface area contributed by atoms with E-state index in [1.807, 2.05) is 6.92 Å². The van der Waals surface area contributed by atoms with Gasteiger partial charge in [0.25, 0.3) is 5.56 Å². The molecule has 0 fully saturated rings. The van der Waals surface area contributed by atoms with Crippen LogP contribution in [0.5, 0.6) is 0 Å². The van der Waals surface area contributed by atoms with Gasteiger partial charge in [0.05, 0.1) is 5.39 Å². The van der Waals surface area contributed by atoms with Crippen LogP contribution in [0.1, 0.15) is 6.92 Å². The summed E-state index contributed by atoms with van der Waals surface area (Å²) >= 11 is 0. The van der Waals surface area contributed by atoms with E-state index in [0.29, 0.717) is 17.6 Å². The summed E-state index contributed by atoms with van der Waals surface area (Å²) in [6.07, 6.45) is 2.91. The summed E-state index contributed by atoms with van der Waals surface area (Å²) in [6, 6.07) is 3.31. The fourth-order valence-corrected chi connectivity index (χ4v) is 1.52. The van der Waals surface area contributed by atoms with Crippen molar-refractivity contribution in [1.82, 2.24) is 19.9 Å². The smallest absolute Gasteiger partial charge is 0.263 e. The first-order chi connectivity index (χ1) is 8.22. The van der Waals surface area contributed by atoms with Gasteiger partial charge < -0.3 is 5.32 Å². The maximum atomic E-state index is 12.0. The number of amides is 1. The van der Waals surface area contributed by atoms with Crippen LogP contribution in [0.3, 0.4) is 0 Å². The number of carbonyl (C=O) groups is 1. The van der Waals surface area contributed by atoms with E-state index in [1.54, 1.807) is 18.3 Å². The molecule has 2 rings (SSSR count). The fraction of sp³-hybridized carbons (Fsp3) is 0.273.